The topological polar surface area (TPSA) is 58.4 Å². The van der Waals surface area contributed by atoms with Gasteiger partial charge < -0.3 is 10.0 Å². The summed E-state index contributed by atoms with van der Waals surface area (Å²) >= 11 is 0. The van der Waals surface area contributed by atoms with Gasteiger partial charge in [0.1, 0.15) is 5.69 Å². The highest BCUT2D eigenvalue weighted by Gasteiger charge is 2.35. The summed E-state index contributed by atoms with van der Waals surface area (Å²) in [6.07, 6.45) is 1.98. The molecule has 1 aliphatic rings. The number of carbonyl (C=O) groups is 1. The van der Waals surface area contributed by atoms with Crippen molar-refractivity contribution in [3.8, 4) is 0 Å². The number of aliphatic hydroxyl groups excluding tert-OH is 1. The minimum Gasteiger partial charge on any atom is -0.391 e. The van der Waals surface area contributed by atoms with Gasteiger partial charge in [0.2, 0.25) is 0 Å². The third-order valence-corrected chi connectivity index (χ3v) is 4.51. The van der Waals surface area contributed by atoms with Crippen molar-refractivity contribution >= 4 is 5.91 Å². The average molecular weight is 327 g/mol. The monoisotopic (exact) mass is 327 g/mol. The molecule has 0 spiro atoms. The quantitative estimate of drug-likeness (QED) is 0.916. The maximum Gasteiger partial charge on any atom is 0.272 e. The van der Waals surface area contributed by atoms with Crippen molar-refractivity contribution in [2.24, 2.45) is 11.8 Å². The number of benzene rings is 1. The summed E-state index contributed by atoms with van der Waals surface area (Å²) in [7, 11) is 0. The molecule has 2 heterocycles. The van der Waals surface area contributed by atoms with Gasteiger partial charge in [0.15, 0.2) is 0 Å². The Hall–Kier alpha value is -2.14. The average Bonchev–Trinajstić information content (AvgIpc) is 3.14. The Kier molecular flexibility index (Phi) is 5.00. The van der Waals surface area contributed by atoms with E-state index >= 15 is 0 Å². The van der Waals surface area contributed by atoms with Crippen molar-refractivity contribution in [3.05, 3.63) is 53.9 Å². The van der Waals surface area contributed by atoms with Crippen molar-refractivity contribution < 1.29 is 9.90 Å². The summed E-state index contributed by atoms with van der Waals surface area (Å²) in [5, 5.41) is 14.6. The predicted molar refractivity (Wildman–Crippen MR) is 92.6 cm³/mol. The number of rotatable bonds is 5. The number of likely N-dealkylation sites (tertiary alicyclic amines) is 1. The van der Waals surface area contributed by atoms with Crippen LogP contribution < -0.4 is 0 Å². The van der Waals surface area contributed by atoms with Crippen molar-refractivity contribution in [2.75, 3.05) is 13.1 Å². The van der Waals surface area contributed by atoms with Crippen LogP contribution in [0.25, 0.3) is 0 Å². The van der Waals surface area contributed by atoms with Crippen LogP contribution in [-0.4, -0.2) is 44.9 Å². The zero-order valence-corrected chi connectivity index (χ0v) is 14.3. The number of aliphatic hydroxyl groups is 1. The van der Waals surface area contributed by atoms with Gasteiger partial charge in [-0.1, -0.05) is 44.2 Å². The van der Waals surface area contributed by atoms with Gasteiger partial charge in [-0.05, 0) is 24.0 Å². The third kappa shape index (κ3) is 3.67. The smallest absolute Gasteiger partial charge is 0.272 e. The Labute approximate surface area is 142 Å². The summed E-state index contributed by atoms with van der Waals surface area (Å²) in [6, 6.07) is 11.9. The molecular weight excluding hydrogens is 302 g/mol. The van der Waals surface area contributed by atoms with Gasteiger partial charge in [-0.3, -0.25) is 9.48 Å². The maximum atomic E-state index is 12.8. The molecule has 1 amide bonds. The van der Waals surface area contributed by atoms with Crippen LogP contribution in [0.4, 0.5) is 0 Å². The van der Waals surface area contributed by atoms with Gasteiger partial charge in [0.05, 0.1) is 6.10 Å². The highest BCUT2D eigenvalue weighted by molar-refractivity contribution is 5.92. The van der Waals surface area contributed by atoms with Gasteiger partial charge in [-0.25, -0.2) is 0 Å². The molecule has 1 aliphatic heterocycles. The molecule has 0 bridgehead atoms. The Morgan fingerprint density at radius 1 is 1.25 bits per heavy atom. The molecule has 24 heavy (non-hydrogen) atoms. The lowest BCUT2D eigenvalue weighted by atomic mass is 9.97. The van der Waals surface area contributed by atoms with E-state index in [-0.39, 0.29) is 11.8 Å². The van der Waals surface area contributed by atoms with Gasteiger partial charge in [0, 0.05) is 31.7 Å². The zero-order valence-electron chi connectivity index (χ0n) is 14.3. The second-order valence-corrected chi connectivity index (χ2v) is 7.02. The lowest BCUT2D eigenvalue weighted by molar-refractivity contribution is 0.0751. The van der Waals surface area contributed by atoms with Crippen molar-refractivity contribution in [1.82, 2.24) is 14.7 Å². The summed E-state index contributed by atoms with van der Waals surface area (Å²) < 4.78 is 1.77. The van der Waals surface area contributed by atoms with Gasteiger partial charge >= 0.3 is 0 Å². The molecule has 0 unspecified atom stereocenters. The predicted octanol–water partition coefficient (Wildman–Crippen LogP) is 2.21. The fraction of sp³-hybridized carbons (Fsp3) is 0.474. The van der Waals surface area contributed by atoms with Crippen LogP contribution in [0, 0.1) is 11.8 Å². The lowest BCUT2D eigenvalue weighted by Crippen LogP contribution is -2.32. The lowest BCUT2D eigenvalue weighted by Gasteiger charge is -2.17. The minimum absolute atomic E-state index is 0.0391. The SMILES string of the molecule is CC(C)Cn1nccc1C(=O)N1C[C@H](Cc2ccccc2)[C@@H](O)C1. The molecule has 2 aromatic rings. The first-order valence-electron chi connectivity index (χ1n) is 8.57. The number of carbonyl (C=O) groups excluding carboxylic acids is 1. The van der Waals surface area contributed by atoms with E-state index in [1.165, 1.54) is 5.56 Å². The normalized spacial score (nSPS) is 20.8. The van der Waals surface area contributed by atoms with E-state index in [9.17, 15) is 9.90 Å². The summed E-state index contributed by atoms with van der Waals surface area (Å²) in [6.45, 7) is 5.90. The van der Waals surface area contributed by atoms with E-state index in [0.29, 0.717) is 24.7 Å². The van der Waals surface area contributed by atoms with Crippen LogP contribution in [0.1, 0.15) is 29.9 Å². The zero-order chi connectivity index (χ0) is 17.1. The molecule has 3 rings (SSSR count). The molecule has 128 valence electrons. The molecule has 0 saturated carbocycles. The first-order chi connectivity index (χ1) is 11.5. The molecular formula is C19H25N3O2. The highest BCUT2D eigenvalue weighted by atomic mass is 16.3. The second kappa shape index (κ2) is 7.18. The van der Waals surface area contributed by atoms with Crippen LogP contribution in [0.3, 0.4) is 0 Å². The summed E-state index contributed by atoms with van der Waals surface area (Å²) in [4.78, 5) is 14.6. The number of aromatic nitrogens is 2. The standard InChI is InChI=1S/C19H25N3O2/c1-14(2)11-22-17(8-9-20-22)19(24)21-12-16(18(23)13-21)10-15-6-4-3-5-7-15/h3-9,14,16,18,23H,10-13H2,1-2H3/t16-,18-/m0/s1. The summed E-state index contributed by atoms with van der Waals surface area (Å²) in [5.74, 6) is 0.465. The molecule has 5 nitrogen and oxygen atoms in total. The van der Waals surface area contributed by atoms with Crippen molar-refractivity contribution in [3.63, 3.8) is 0 Å². The molecule has 2 atom stereocenters. The van der Waals surface area contributed by atoms with Crippen LogP contribution in [0.5, 0.6) is 0 Å². The maximum absolute atomic E-state index is 12.8. The number of hydrogen-bond acceptors (Lipinski definition) is 3. The van der Waals surface area contributed by atoms with Gasteiger partial charge in [-0.15, -0.1) is 0 Å². The van der Waals surface area contributed by atoms with Crippen LogP contribution in [-0.2, 0) is 13.0 Å². The third-order valence-electron chi connectivity index (χ3n) is 4.51. The van der Waals surface area contributed by atoms with E-state index in [1.54, 1.807) is 21.8 Å². The van der Waals surface area contributed by atoms with E-state index in [1.807, 2.05) is 18.2 Å². The fourth-order valence-electron chi connectivity index (χ4n) is 3.31. The molecule has 1 N–H and O–H groups in total. The first kappa shape index (κ1) is 16.7. The largest absolute Gasteiger partial charge is 0.391 e. The Balaban J connectivity index is 1.68. The Morgan fingerprint density at radius 3 is 2.71 bits per heavy atom. The van der Waals surface area contributed by atoms with Gasteiger partial charge in [-0.2, -0.15) is 5.10 Å². The second-order valence-electron chi connectivity index (χ2n) is 7.02. The van der Waals surface area contributed by atoms with Crippen molar-refractivity contribution in [2.45, 2.75) is 32.9 Å². The van der Waals surface area contributed by atoms with E-state index in [0.717, 1.165) is 13.0 Å². The van der Waals surface area contributed by atoms with Crippen LogP contribution >= 0.6 is 0 Å². The van der Waals surface area contributed by atoms with Gasteiger partial charge in [0.25, 0.3) is 5.91 Å². The molecule has 1 saturated heterocycles. The van der Waals surface area contributed by atoms with E-state index < -0.39 is 6.10 Å². The first-order valence-corrected chi connectivity index (χ1v) is 8.57. The van der Waals surface area contributed by atoms with Crippen LogP contribution in [0.15, 0.2) is 42.6 Å². The summed E-state index contributed by atoms with van der Waals surface area (Å²) in [5.41, 5.74) is 1.80. The molecule has 1 aromatic heterocycles. The Morgan fingerprint density at radius 2 is 2.00 bits per heavy atom. The van der Waals surface area contributed by atoms with E-state index in [2.05, 4.69) is 31.1 Å². The number of amides is 1. The van der Waals surface area contributed by atoms with Crippen LogP contribution in [0.2, 0.25) is 0 Å². The number of hydrogen-bond donors (Lipinski definition) is 1. The van der Waals surface area contributed by atoms with Crippen molar-refractivity contribution in [1.29, 1.82) is 0 Å². The highest BCUT2D eigenvalue weighted by Crippen LogP contribution is 2.23. The molecule has 1 aromatic carbocycles. The Bertz CT molecular complexity index is 681. The number of nitrogens with zero attached hydrogens (tertiary/aromatic N) is 3. The molecule has 5 heteroatoms. The fourth-order valence-corrected chi connectivity index (χ4v) is 3.31. The molecule has 1 fully saturated rings. The molecule has 0 aliphatic carbocycles. The number of β-amino-alcohol motifs (C(OH)–C–C–N with tert-alkyl or cyclic N) is 1. The minimum atomic E-state index is -0.476. The molecule has 0 radical (unpaired) electrons. The van der Waals surface area contributed by atoms with E-state index in [4.69, 9.17) is 0 Å².